The number of ether oxygens (including phenoxy) is 1. The first-order valence-electron chi connectivity index (χ1n) is 9.51. The summed E-state index contributed by atoms with van der Waals surface area (Å²) in [5, 5.41) is 3.55. The largest absolute Gasteiger partial charge is 0.450 e. The molecular weight excluding hydrogens is 378 g/mol. The Kier molecular flexibility index (Phi) is 9.05. The van der Waals surface area contributed by atoms with Gasteiger partial charge in [-0.1, -0.05) is 63.9 Å². The summed E-state index contributed by atoms with van der Waals surface area (Å²) in [5.74, 6) is 0. The number of nitrogens with one attached hydrogen (secondary N) is 1. The summed E-state index contributed by atoms with van der Waals surface area (Å²) in [5.41, 5.74) is 0.908. The molecule has 1 N–H and O–H groups in total. The highest BCUT2D eigenvalue weighted by atomic mass is 35.5. The van der Waals surface area contributed by atoms with Crippen molar-refractivity contribution >= 4 is 26.0 Å². The van der Waals surface area contributed by atoms with E-state index in [1.165, 1.54) is 0 Å². The first-order chi connectivity index (χ1) is 12.5. The van der Waals surface area contributed by atoms with Crippen LogP contribution in [-0.4, -0.2) is 27.1 Å². The van der Waals surface area contributed by atoms with E-state index >= 15 is 0 Å². The quantitative estimate of drug-likeness (QED) is 0.287. The molecule has 1 amide bonds. The average Bonchev–Trinajstić information content (AvgIpc) is 2.57. The highest BCUT2D eigenvalue weighted by Gasteiger charge is 2.41. The number of rotatable bonds is 9. The van der Waals surface area contributed by atoms with Gasteiger partial charge in [0.25, 0.3) is 0 Å². The van der Waals surface area contributed by atoms with E-state index < -0.39 is 20.5 Å². The molecule has 1 rings (SSSR count). The summed E-state index contributed by atoms with van der Waals surface area (Å²) < 4.78 is 11.9. The zero-order valence-corrected chi connectivity index (χ0v) is 19.2. The minimum Gasteiger partial charge on any atom is -0.450 e. The van der Waals surface area contributed by atoms with E-state index in [-0.39, 0.29) is 11.1 Å². The lowest BCUT2D eigenvalue weighted by molar-refractivity contribution is 0.120. The van der Waals surface area contributed by atoms with Crippen LogP contribution in [0.2, 0.25) is 23.2 Å². The zero-order valence-electron chi connectivity index (χ0n) is 17.5. The van der Waals surface area contributed by atoms with Crippen LogP contribution < -0.4 is 5.32 Å². The van der Waals surface area contributed by atoms with Gasteiger partial charge in [-0.3, -0.25) is 0 Å². The third-order valence-corrected chi connectivity index (χ3v) is 9.69. The van der Waals surface area contributed by atoms with Crippen LogP contribution in [-0.2, 0) is 9.16 Å². The Morgan fingerprint density at radius 1 is 1.37 bits per heavy atom. The predicted octanol–water partition coefficient (Wildman–Crippen LogP) is 6.48. The van der Waals surface area contributed by atoms with Crippen molar-refractivity contribution in [2.24, 2.45) is 0 Å². The Bertz CT molecular complexity index is 628. The van der Waals surface area contributed by atoms with Crippen molar-refractivity contribution in [2.45, 2.75) is 70.8 Å². The second-order valence-electron chi connectivity index (χ2n) is 8.25. The van der Waals surface area contributed by atoms with E-state index in [2.05, 4.69) is 52.7 Å². The Hall–Kier alpha value is -1.30. The number of unbranched alkanes of at least 4 members (excludes halogenated alkanes) is 1. The summed E-state index contributed by atoms with van der Waals surface area (Å²) >= 11 is 6.21. The van der Waals surface area contributed by atoms with E-state index in [0.717, 1.165) is 18.4 Å². The van der Waals surface area contributed by atoms with Crippen LogP contribution >= 0.6 is 11.6 Å². The lowest BCUT2D eigenvalue weighted by Crippen LogP contribution is -2.47. The molecule has 0 saturated carbocycles. The fourth-order valence-corrected chi connectivity index (χ4v) is 3.74. The molecule has 0 aromatic heterocycles. The van der Waals surface area contributed by atoms with Gasteiger partial charge in [-0.25, -0.2) is 4.79 Å². The van der Waals surface area contributed by atoms with Crippen molar-refractivity contribution in [2.75, 3.05) is 6.61 Å². The minimum atomic E-state index is -2.11. The lowest BCUT2D eigenvalue weighted by Gasteiger charge is -2.41. The van der Waals surface area contributed by atoms with Crippen molar-refractivity contribution in [3.63, 3.8) is 0 Å². The highest BCUT2D eigenvalue weighted by Crippen LogP contribution is 2.41. The summed E-state index contributed by atoms with van der Waals surface area (Å²) in [6.07, 6.45) is 2.65. The SMILES string of the molecule is C=C[C@@H](NC(=O)OCCCC)[C@@H](O[Si](C)(C)C(C)(C)C)c1cccc(Cl)c1. The number of carbonyl (C=O) groups is 1. The van der Waals surface area contributed by atoms with Crippen molar-refractivity contribution in [1.82, 2.24) is 5.32 Å². The van der Waals surface area contributed by atoms with Gasteiger partial charge < -0.3 is 14.5 Å². The van der Waals surface area contributed by atoms with Gasteiger partial charge in [0.05, 0.1) is 18.8 Å². The highest BCUT2D eigenvalue weighted by molar-refractivity contribution is 6.74. The molecule has 0 radical (unpaired) electrons. The van der Waals surface area contributed by atoms with Gasteiger partial charge >= 0.3 is 6.09 Å². The summed E-state index contributed by atoms with van der Waals surface area (Å²) in [6, 6.07) is 7.12. The van der Waals surface area contributed by atoms with Crippen LogP contribution in [0.5, 0.6) is 0 Å². The monoisotopic (exact) mass is 411 g/mol. The van der Waals surface area contributed by atoms with E-state index in [0.29, 0.717) is 11.6 Å². The fourth-order valence-electron chi connectivity index (χ4n) is 2.27. The molecule has 0 saturated heterocycles. The van der Waals surface area contributed by atoms with Gasteiger partial charge in [0.15, 0.2) is 8.32 Å². The predicted molar refractivity (Wildman–Crippen MR) is 116 cm³/mol. The molecule has 1 aromatic rings. The summed E-state index contributed by atoms with van der Waals surface area (Å²) in [4.78, 5) is 12.2. The second-order valence-corrected chi connectivity index (χ2v) is 13.4. The topological polar surface area (TPSA) is 47.6 Å². The molecule has 1 aromatic carbocycles. The minimum absolute atomic E-state index is 0.0250. The molecule has 152 valence electrons. The fraction of sp³-hybridized carbons (Fsp3) is 0.571. The smallest absolute Gasteiger partial charge is 0.407 e. The third-order valence-electron chi connectivity index (χ3n) is 5.00. The standard InChI is InChI=1S/C21H34ClNO3Si/c1-8-10-14-25-20(24)23-18(9-2)19(16-12-11-13-17(22)15-16)26-27(6,7)21(3,4)5/h9,11-13,15,18-19H,2,8,10,14H2,1,3-7H3,(H,23,24)/t18-,19+/m1/s1. The maximum atomic E-state index is 12.2. The Labute approximate surface area is 170 Å². The van der Waals surface area contributed by atoms with Crippen molar-refractivity contribution in [3.05, 3.63) is 47.5 Å². The van der Waals surface area contributed by atoms with Crippen molar-refractivity contribution in [1.29, 1.82) is 0 Å². The molecule has 2 atom stereocenters. The molecule has 0 bridgehead atoms. The maximum Gasteiger partial charge on any atom is 0.407 e. The summed E-state index contributed by atoms with van der Waals surface area (Å²) in [7, 11) is -2.11. The lowest BCUT2D eigenvalue weighted by atomic mass is 10.0. The Morgan fingerprint density at radius 2 is 2.04 bits per heavy atom. The molecular formula is C21H34ClNO3Si. The van der Waals surface area contributed by atoms with Gasteiger partial charge in [0.2, 0.25) is 0 Å². The third kappa shape index (κ3) is 7.32. The molecule has 0 aliphatic carbocycles. The van der Waals surface area contributed by atoms with Crippen LogP contribution in [0.3, 0.4) is 0 Å². The van der Waals surface area contributed by atoms with Gasteiger partial charge in [-0.05, 0) is 42.2 Å². The maximum absolute atomic E-state index is 12.2. The molecule has 27 heavy (non-hydrogen) atoms. The van der Waals surface area contributed by atoms with E-state index in [1.807, 2.05) is 24.3 Å². The van der Waals surface area contributed by atoms with E-state index in [4.69, 9.17) is 20.8 Å². The number of benzene rings is 1. The second kappa shape index (κ2) is 10.3. The number of alkyl carbamates (subject to hydrolysis) is 1. The molecule has 6 heteroatoms. The van der Waals surface area contributed by atoms with Gasteiger partial charge in [0.1, 0.15) is 0 Å². The number of hydrogen-bond donors (Lipinski definition) is 1. The van der Waals surface area contributed by atoms with Crippen LogP contribution in [0.1, 0.15) is 52.2 Å². The van der Waals surface area contributed by atoms with E-state index in [1.54, 1.807) is 6.08 Å². The number of halogens is 1. The molecule has 0 aliphatic heterocycles. The molecule has 0 heterocycles. The van der Waals surface area contributed by atoms with Crippen molar-refractivity contribution < 1.29 is 14.0 Å². The number of hydrogen-bond acceptors (Lipinski definition) is 3. The Balaban J connectivity index is 3.11. The Morgan fingerprint density at radius 3 is 2.56 bits per heavy atom. The van der Waals surface area contributed by atoms with Gasteiger partial charge in [-0.15, -0.1) is 6.58 Å². The first-order valence-corrected chi connectivity index (χ1v) is 12.8. The number of carbonyl (C=O) groups excluding carboxylic acids is 1. The molecule has 0 fully saturated rings. The zero-order chi connectivity index (χ0) is 20.7. The van der Waals surface area contributed by atoms with Gasteiger partial charge in [0, 0.05) is 5.02 Å². The summed E-state index contributed by atoms with van der Waals surface area (Å²) in [6.45, 7) is 17.3. The molecule has 0 aliphatic rings. The van der Waals surface area contributed by atoms with Crippen LogP contribution in [0, 0.1) is 0 Å². The molecule has 0 spiro atoms. The average molecular weight is 412 g/mol. The first kappa shape index (κ1) is 23.7. The molecule has 0 unspecified atom stereocenters. The van der Waals surface area contributed by atoms with Crippen molar-refractivity contribution in [3.8, 4) is 0 Å². The van der Waals surface area contributed by atoms with Crippen LogP contribution in [0.15, 0.2) is 36.9 Å². The number of amides is 1. The van der Waals surface area contributed by atoms with Crippen LogP contribution in [0.4, 0.5) is 4.79 Å². The van der Waals surface area contributed by atoms with E-state index in [9.17, 15) is 4.79 Å². The normalized spacial score (nSPS) is 14.3. The van der Waals surface area contributed by atoms with Gasteiger partial charge in [-0.2, -0.15) is 0 Å². The van der Waals surface area contributed by atoms with Crippen LogP contribution in [0.25, 0.3) is 0 Å². The molecule has 4 nitrogen and oxygen atoms in total.